The Kier molecular flexibility index (Phi) is 5.45. The van der Waals surface area contributed by atoms with Crippen LogP contribution in [0.25, 0.3) is 12.2 Å². The molecule has 1 heterocycles. The van der Waals surface area contributed by atoms with Gasteiger partial charge in [0.05, 0.1) is 17.7 Å². The van der Waals surface area contributed by atoms with Crippen LogP contribution in [0, 0.1) is 22.9 Å². The van der Waals surface area contributed by atoms with E-state index in [9.17, 15) is 10.1 Å². The highest BCUT2D eigenvalue weighted by molar-refractivity contribution is 7.71. The van der Waals surface area contributed by atoms with E-state index in [2.05, 4.69) is 11.1 Å². The number of pyridine rings is 1. The number of benzene rings is 1. The van der Waals surface area contributed by atoms with Crippen LogP contribution >= 0.6 is 12.2 Å². The molecule has 1 aromatic heterocycles. The summed E-state index contributed by atoms with van der Waals surface area (Å²) in [5.41, 5.74) is 2.63. The zero-order valence-corrected chi connectivity index (χ0v) is 13.7. The molecule has 116 valence electrons. The van der Waals surface area contributed by atoms with Crippen LogP contribution in [0.5, 0.6) is 0 Å². The molecule has 4 nitrogen and oxygen atoms in total. The summed E-state index contributed by atoms with van der Waals surface area (Å²) in [6, 6.07) is 11.7. The van der Waals surface area contributed by atoms with Gasteiger partial charge in [-0.25, -0.2) is 4.79 Å². The highest BCUT2D eigenvalue weighted by Gasteiger charge is 2.19. The van der Waals surface area contributed by atoms with Crippen LogP contribution in [-0.4, -0.2) is 17.6 Å². The second-order valence-electron chi connectivity index (χ2n) is 4.82. The van der Waals surface area contributed by atoms with Gasteiger partial charge in [0.15, 0.2) is 0 Å². The highest BCUT2D eigenvalue weighted by atomic mass is 32.1. The van der Waals surface area contributed by atoms with E-state index in [1.54, 1.807) is 19.9 Å². The predicted octanol–water partition coefficient (Wildman–Crippen LogP) is 4.27. The van der Waals surface area contributed by atoms with Crippen LogP contribution in [0.4, 0.5) is 0 Å². The fourth-order valence-electron chi connectivity index (χ4n) is 2.23. The average Bonchev–Trinajstić information content (AvgIpc) is 2.53. The molecular weight excluding hydrogens is 308 g/mol. The predicted molar refractivity (Wildman–Crippen MR) is 92.4 cm³/mol. The zero-order valence-electron chi connectivity index (χ0n) is 12.9. The Balaban J connectivity index is 2.63. The van der Waals surface area contributed by atoms with Crippen molar-refractivity contribution >= 4 is 30.3 Å². The number of esters is 1. The lowest BCUT2D eigenvalue weighted by molar-refractivity contribution is 0.0524. The number of aryl methyl sites for hydroxylation is 1. The summed E-state index contributed by atoms with van der Waals surface area (Å²) >= 11 is 5.20. The Morgan fingerprint density at radius 2 is 2.04 bits per heavy atom. The monoisotopic (exact) mass is 324 g/mol. The molecule has 1 aromatic carbocycles. The first-order chi connectivity index (χ1) is 11.1. The number of carbonyl (C=O) groups excluding carboxylic acids is 1. The van der Waals surface area contributed by atoms with Gasteiger partial charge >= 0.3 is 5.97 Å². The van der Waals surface area contributed by atoms with E-state index in [0.717, 1.165) is 5.56 Å². The summed E-state index contributed by atoms with van der Waals surface area (Å²) < 4.78 is 5.42. The largest absolute Gasteiger partial charge is 0.462 e. The van der Waals surface area contributed by atoms with Gasteiger partial charge in [-0.15, -0.1) is 0 Å². The third-order valence-corrected chi connectivity index (χ3v) is 3.58. The summed E-state index contributed by atoms with van der Waals surface area (Å²) in [4.78, 5) is 15.2. The number of hydrogen-bond acceptors (Lipinski definition) is 4. The van der Waals surface area contributed by atoms with Crippen LogP contribution in [0.15, 0.2) is 30.3 Å². The summed E-state index contributed by atoms with van der Waals surface area (Å²) in [5, 5.41) is 9.40. The fourth-order valence-corrected chi connectivity index (χ4v) is 2.54. The first-order valence-corrected chi connectivity index (χ1v) is 7.56. The summed E-state index contributed by atoms with van der Waals surface area (Å²) in [6.45, 7) is 3.74. The Morgan fingerprint density at radius 1 is 1.35 bits per heavy atom. The Morgan fingerprint density at radius 3 is 2.65 bits per heavy atom. The van der Waals surface area contributed by atoms with Gasteiger partial charge in [0.25, 0.3) is 0 Å². The van der Waals surface area contributed by atoms with Crippen molar-refractivity contribution in [1.82, 2.24) is 4.98 Å². The second kappa shape index (κ2) is 7.52. The van der Waals surface area contributed by atoms with Crippen molar-refractivity contribution in [1.29, 1.82) is 5.26 Å². The molecule has 1 N–H and O–H groups in total. The molecule has 0 aliphatic carbocycles. The number of carbonyl (C=O) groups is 1. The molecule has 0 amide bonds. The molecular formula is C18H16N2O2S. The van der Waals surface area contributed by atoms with E-state index >= 15 is 0 Å². The van der Waals surface area contributed by atoms with E-state index in [-0.39, 0.29) is 12.2 Å². The van der Waals surface area contributed by atoms with Gasteiger partial charge in [-0.05, 0) is 19.4 Å². The maximum Gasteiger partial charge on any atom is 0.340 e. The summed E-state index contributed by atoms with van der Waals surface area (Å²) in [6.07, 6.45) is 3.57. The Hall–Kier alpha value is -2.71. The maximum absolute atomic E-state index is 12.3. The number of aromatic nitrogens is 1. The average molecular weight is 324 g/mol. The number of nitriles is 1. The number of nitrogens with one attached hydrogen (secondary N) is 1. The smallest absolute Gasteiger partial charge is 0.340 e. The zero-order chi connectivity index (χ0) is 16.8. The van der Waals surface area contributed by atoms with Gasteiger partial charge in [-0.3, -0.25) is 0 Å². The van der Waals surface area contributed by atoms with Crippen molar-refractivity contribution in [3.63, 3.8) is 0 Å². The van der Waals surface area contributed by atoms with E-state index in [0.29, 0.717) is 21.5 Å². The van der Waals surface area contributed by atoms with Crippen LogP contribution in [0.1, 0.15) is 39.7 Å². The SMILES string of the molecule is CCOC(=O)c1c(C)[nH]c(=S)c(C#N)c1/C=C/c1ccccc1. The molecule has 5 heteroatoms. The van der Waals surface area contributed by atoms with Crippen LogP contribution < -0.4 is 0 Å². The van der Waals surface area contributed by atoms with Crippen LogP contribution in [0.2, 0.25) is 0 Å². The third kappa shape index (κ3) is 3.74. The van der Waals surface area contributed by atoms with Crippen molar-refractivity contribution < 1.29 is 9.53 Å². The lowest BCUT2D eigenvalue weighted by atomic mass is 10.0. The van der Waals surface area contributed by atoms with Crippen LogP contribution in [0.3, 0.4) is 0 Å². The van der Waals surface area contributed by atoms with Gasteiger partial charge in [-0.1, -0.05) is 54.7 Å². The van der Waals surface area contributed by atoms with Crippen molar-refractivity contribution in [2.45, 2.75) is 13.8 Å². The normalized spacial score (nSPS) is 10.5. The summed E-state index contributed by atoms with van der Waals surface area (Å²) in [7, 11) is 0. The Bertz CT molecular complexity index is 846. The minimum Gasteiger partial charge on any atom is -0.462 e. The molecule has 2 rings (SSSR count). The van der Waals surface area contributed by atoms with Gasteiger partial charge in [0, 0.05) is 11.3 Å². The molecule has 0 saturated heterocycles. The number of aromatic amines is 1. The lowest BCUT2D eigenvalue weighted by Crippen LogP contribution is -2.12. The topological polar surface area (TPSA) is 65.9 Å². The lowest BCUT2D eigenvalue weighted by Gasteiger charge is -2.11. The van der Waals surface area contributed by atoms with Crippen molar-refractivity contribution in [2.75, 3.05) is 6.61 Å². The van der Waals surface area contributed by atoms with Crippen molar-refractivity contribution in [2.24, 2.45) is 0 Å². The minimum absolute atomic E-state index is 0.262. The second-order valence-corrected chi connectivity index (χ2v) is 5.23. The van der Waals surface area contributed by atoms with Crippen molar-refractivity contribution in [3.8, 4) is 6.07 Å². The first kappa shape index (κ1) is 16.7. The standard InChI is InChI=1S/C18H16N2O2S/c1-3-22-18(21)16-12(2)20-17(23)15(11-19)14(16)10-9-13-7-5-4-6-8-13/h4-10H,3H2,1-2H3,(H,20,23)/b10-9+. The van der Waals surface area contributed by atoms with E-state index < -0.39 is 5.97 Å². The third-order valence-electron chi connectivity index (χ3n) is 3.28. The molecule has 23 heavy (non-hydrogen) atoms. The number of ether oxygens (including phenoxy) is 1. The summed E-state index contributed by atoms with van der Waals surface area (Å²) in [5.74, 6) is -0.472. The number of nitrogens with zero attached hydrogens (tertiary/aromatic N) is 1. The molecule has 0 atom stereocenters. The highest BCUT2D eigenvalue weighted by Crippen LogP contribution is 2.22. The van der Waals surface area contributed by atoms with Crippen LogP contribution in [-0.2, 0) is 4.74 Å². The number of H-pyrrole nitrogens is 1. The molecule has 0 aliphatic heterocycles. The molecule has 0 radical (unpaired) electrons. The molecule has 0 saturated carbocycles. The number of hydrogen-bond donors (Lipinski definition) is 1. The minimum atomic E-state index is -0.472. The fraction of sp³-hybridized carbons (Fsp3) is 0.167. The molecule has 0 bridgehead atoms. The van der Waals surface area contributed by atoms with Crippen molar-refractivity contribution in [3.05, 3.63) is 62.9 Å². The maximum atomic E-state index is 12.3. The van der Waals surface area contributed by atoms with Gasteiger partial charge in [0.1, 0.15) is 10.7 Å². The van der Waals surface area contributed by atoms with E-state index in [4.69, 9.17) is 17.0 Å². The number of rotatable bonds is 4. The van der Waals surface area contributed by atoms with E-state index in [1.807, 2.05) is 36.4 Å². The molecule has 0 unspecified atom stereocenters. The van der Waals surface area contributed by atoms with E-state index in [1.165, 1.54) is 0 Å². The molecule has 0 spiro atoms. The molecule has 0 aliphatic rings. The van der Waals surface area contributed by atoms with Gasteiger partial charge in [0.2, 0.25) is 0 Å². The van der Waals surface area contributed by atoms with Gasteiger partial charge in [-0.2, -0.15) is 5.26 Å². The van der Waals surface area contributed by atoms with Gasteiger partial charge < -0.3 is 9.72 Å². The quantitative estimate of drug-likeness (QED) is 0.673. The Labute approximate surface area is 140 Å². The molecule has 0 fully saturated rings. The first-order valence-electron chi connectivity index (χ1n) is 7.15. The molecule has 2 aromatic rings.